The SMILES string of the molecule is O=Cc1ccc(S(=O)(=O)n2ccc3cc(/C=C/C(=O)NO)ccc32)cc1. The van der Waals surface area contributed by atoms with E-state index in [0.717, 1.165) is 10.0 Å². The fourth-order valence-electron chi connectivity index (χ4n) is 2.49. The van der Waals surface area contributed by atoms with Crippen molar-refractivity contribution in [1.82, 2.24) is 9.45 Å². The highest BCUT2D eigenvalue weighted by Gasteiger charge is 2.18. The number of carbonyl (C=O) groups is 2. The number of nitrogens with zero attached hydrogens (tertiary/aromatic N) is 1. The average Bonchev–Trinajstić information content (AvgIpc) is 3.10. The van der Waals surface area contributed by atoms with Crippen molar-refractivity contribution >= 4 is 39.2 Å². The first-order valence-electron chi connectivity index (χ1n) is 7.50. The van der Waals surface area contributed by atoms with Crippen molar-refractivity contribution in [2.75, 3.05) is 0 Å². The molecule has 0 aliphatic rings. The van der Waals surface area contributed by atoms with Crippen LogP contribution in [0.5, 0.6) is 0 Å². The Kier molecular flexibility index (Phi) is 4.70. The van der Waals surface area contributed by atoms with Gasteiger partial charge in [-0.3, -0.25) is 14.8 Å². The number of benzene rings is 2. The molecule has 0 spiro atoms. The second kappa shape index (κ2) is 6.95. The van der Waals surface area contributed by atoms with Gasteiger partial charge in [-0.05, 0) is 42.0 Å². The summed E-state index contributed by atoms with van der Waals surface area (Å²) >= 11 is 0. The summed E-state index contributed by atoms with van der Waals surface area (Å²) in [5, 5.41) is 9.15. The van der Waals surface area contributed by atoms with Crippen molar-refractivity contribution in [3.05, 3.63) is 71.9 Å². The Bertz CT molecular complexity index is 1110. The lowest BCUT2D eigenvalue weighted by Gasteiger charge is -2.08. The van der Waals surface area contributed by atoms with Crippen LogP contribution in [0, 0.1) is 0 Å². The van der Waals surface area contributed by atoms with Gasteiger partial charge < -0.3 is 0 Å². The van der Waals surface area contributed by atoms with Gasteiger partial charge in [0.2, 0.25) is 0 Å². The lowest BCUT2D eigenvalue weighted by atomic mass is 10.1. The standard InChI is InChI=1S/C18H14N2O5S/c21-12-14-1-5-16(6-2-14)26(24,25)20-10-9-15-11-13(3-7-17(15)20)4-8-18(22)19-23/h1-12,23H,(H,19,22)/b8-4+. The number of aldehydes is 1. The molecule has 2 aromatic carbocycles. The van der Waals surface area contributed by atoms with Crippen molar-refractivity contribution in [2.45, 2.75) is 4.90 Å². The van der Waals surface area contributed by atoms with Gasteiger partial charge >= 0.3 is 0 Å². The van der Waals surface area contributed by atoms with Crippen molar-refractivity contribution in [3.63, 3.8) is 0 Å². The van der Waals surface area contributed by atoms with Crippen LogP contribution in [0.2, 0.25) is 0 Å². The van der Waals surface area contributed by atoms with E-state index >= 15 is 0 Å². The van der Waals surface area contributed by atoms with Gasteiger partial charge in [0.25, 0.3) is 15.9 Å². The predicted octanol–water partition coefficient (Wildman–Crippen LogP) is 2.21. The molecule has 7 nitrogen and oxygen atoms in total. The lowest BCUT2D eigenvalue weighted by Crippen LogP contribution is -2.14. The summed E-state index contributed by atoms with van der Waals surface area (Å²) in [6, 6.07) is 12.3. The molecule has 1 aromatic heterocycles. The Morgan fingerprint density at radius 1 is 1.04 bits per heavy atom. The first-order chi connectivity index (χ1) is 12.5. The molecule has 132 valence electrons. The van der Waals surface area contributed by atoms with Gasteiger partial charge in [0.05, 0.1) is 10.4 Å². The molecule has 1 amide bonds. The molecule has 0 unspecified atom stereocenters. The van der Waals surface area contributed by atoms with E-state index in [0.29, 0.717) is 28.3 Å². The lowest BCUT2D eigenvalue weighted by molar-refractivity contribution is -0.124. The van der Waals surface area contributed by atoms with Crippen LogP contribution in [0.4, 0.5) is 0 Å². The fourth-order valence-corrected chi connectivity index (χ4v) is 3.84. The minimum absolute atomic E-state index is 0.0733. The molecule has 0 atom stereocenters. The molecule has 3 rings (SSSR count). The van der Waals surface area contributed by atoms with Gasteiger partial charge in [-0.1, -0.05) is 18.2 Å². The molecule has 1 heterocycles. The second-order valence-electron chi connectivity index (χ2n) is 5.43. The molecular weight excluding hydrogens is 356 g/mol. The third-order valence-corrected chi connectivity index (χ3v) is 5.49. The molecular formula is C18H14N2O5S. The third kappa shape index (κ3) is 3.28. The summed E-state index contributed by atoms with van der Waals surface area (Å²) < 4.78 is 26.8. The Labute approximate surface area is 149 Å². The summed E-state index contributed by atoms with van der Waals surface area (Å²) in [4.78, 5) is 21.8. The summed E-state index contributed by atoms with van der Waals surface area (Å²) in [6.07, 6.45) is 4.74. The van der Waals surface area contributed by atoms with E-state index < -0.39 is 15.9 Å². The van der Waals surface area contributed by atoms with E-state index in [1.807, 2.05) is 0 Å². The first kappa shape index (κ1) is 17.6. The van der Waals surface area contributed by atoms with Crippen LogP contribution in [-0.4, -0.2) is 29.8 Å². The van der Waals surface area contributed by atoms with Crippen molar-refractivity contribution in [2.24, 2.45) is 0 Å². The van der Waals surface area contributed by atoms with E-state index in [1.165, 1.54) is 42.0 Å². The molecule has 0 fully saturated rings. The van der Waals surface area contributed by atoms with Gasteiger partial charge in [0.1, 0.15) is 6.29 Å². The van der Waals surface area contributed by atoms with E-state index in [9.17, 15) is 18.0 Å². The number of hydroxylamine groups is 1. The van der Waals surface area contributed by atoms with Gasteiger partial charge in [-0.15, -0.1) is 0 Å². The number of fused-ring (bicyclic) bond motifs is 1. The van der Waals surface area contributed by atoms with Crippen molar-refractivity contribution in [1.29, 1.82) is 0 Å². The number of hydrogen-bond acceptors (Lipinski definition) is 5. The highest BCUT2D eigenvalue weighted by Crippen LogP contribution is 2.23. The highest BCUT2D eigenvalue weighted by atomic mass is 32.2. The number of nitrogens with one attached hydrogen (secondary N) is 1. The maximum Gasteiger partial charge on any atom is 0.268 e. The topological polar surface area (TPSA) is 105 Å². The van der Waals surface area contributed by atoms with Gasteiger partial charge in [-0.2, -0.15) is 0 Å². The Balaban J connectivity index is 2.01. The molecule has 0 radical (unpaired) electrons. The molecule has 2 N–H and O–H groups in total. The minimum Gasteiger partial charge on any atom is -0.298 e. The summed E-state index contributed by atoms with van der Waals surface area (Å²) in [5.41, 5.74) is 3.04. The summed E-state index contributed by atoms with van der Waals surface area (Å²) in [5.74, 6) is -0.663. The second-order valence-corrected chi connectivity index (χ2v) is 7.25. The third-order valence-electron chi connectivity index (χ3n) is 3.79. The quantitative estimate of drug-likeness (QED) is 0.310. The number of aromatic nitrogens is 1. The molecule has 0 saturated heterocycles. The van der Waals surface area contributed by atoms with E-state index in [1.54, 1.807) is 24.3 Å². The molecule has 3 aromatic rings. The zero-order valence-electron chi connectivity index (χ0n) is 13.4. The molecule has 8 heteroatoms. The maximum absolute atomic E-state index is 12.8. The number of carbonyl (C=O) groups excluding carboxylic acids is 2. The van der Waals surface area contributed by atoms with Crippen LogP contribution in [0.15, 0.2) is 65.7 Å². The Morgan fingerprint density at radius 3 is 2.38 bits per heavy atom. The predicted molar refractivity (Wildman–Crippen MR) is 95.3 cm³/mol. The molecule has 0 bridgehead atoms. The van der Waals surface area contributed by atoms with Crippen molar-refractivity contribution < 1.29 is 23.2 Å². The number of hydrogen-bond donors (Lipinski definition) is 2. The van der Waals surface area contributed by atoms with Gasteiger partial charge in [-0.25, -0.2) is 17.9 Å². The Hall–Kier alpha value is -3.23. The molecule has 0 aliphatic heterocycles. The zero-order chi connectivity index (χ0) is 18.7. The zero-order valence-corrected chi connectivity index (χ0v) is 14.2. The maximum atomic E-state index is 12.8. The first-order valence-corrected chi connectivity index (χ1v) is 8.94. The van der Waals surface area contributed by atoms with E-state index in [2.05, 4.69) is 0 Å². The fraction of sp³-hybridized carbons (Fsp3) is 0. The smallest absolute Gasteiger partial charge is 0.268 e. The normalized spacial score (nSPS) is 11.7. The number of rotatable bonds is 5. The summed E-state index contributed by atoms with van der Waals surface area (Å²) in [7, 11) is -3.80. The van der Waals surface area contributed by atoms with Gasteiger partial charge in [0.15, 0.2) is 0 Å². The largest absolute Gasteiger partial charge is 0.298 e. The van der Waals surface area contributed by atoms with Crippen LogP contribution < -0.4 is 5.48 Å². The Morgan fingerprint density at radius 2 is 1.73 bits per heavy atom. The van der Waals surface area contributed by atoms with Crippen LogP contribution in [0.1, 0.15) is 15.9 Å². The van der Waals surface area contributed by atoms with Crippen LogP contribution in [0.25, 0.3) is 17.0 Å². The van der Waals surface area contributed by atoms with Crippen molar-refractivity contribution in [3.8, 4) is 0 Å². The molecule has 26 heavy (non-hydrogen) atoms. The minimum atomic E-state index is -3.80. The van der Waals surface area contributed by atoms with E-state index in [4.69, 9.17) is 5.21 Å². The van der Waals surface area contributed by atoms with E-state index in [-0.39, 0.29) is 4.90 Å². The van der Waals surface area contributed by atoms with Crippen LogP contribution in [-0.2, 0) is 14.8 Å². The summed E-state index contributed by atoms with van der Waals surface area (Å²) in [6.45, 7) is 0. The monoisotopic (exact) mass is 370 g/mol. The highest BCUT2D eigenvalue weighted by molar-refractivity contribution is 7.90. The van der Waals surface area contributed by atoms with Gasteiger partial charge in [0, 0.05) is 23.2 Å². The molecule has 0 saturated carbocycles. The average molecular weight is 370 g/mol. The van der Waals surface area contributed by atoms with Crippen LogP contribution >= 0.6 is 0 Å². The molecule has 0 aliphatic carbocycles. The number of amides is 1. The van der Waals surface area contributed by atoms with Crippen LogP contribution in [0.3, 0.4) is 0 Å².